The smallest absolute Gasteiger partial charge is 0.183 e. The lowest BCUT2D eigenvalue weighted by Gasteiger charge is -2.19. The molecule has 1 heterocycles. The zero-order chi connectivity index (χ0) is 14.0. The van der Waals surface area contributed by atoms with E-state index in [-0.39, 0.29) is 17.1 Å². The maximum Gasteiger partial charge on any atom is 0.183 e. The van der Waals surface area contributed by atoms with Crippen LogP contribution in [0.2, 0.25) is 0 Å². The van der Waals surface area contributed by atoms with Gasteiger partial charge in [0.15, 0.2) is 16.7 Å². The van der Waals surface area contributed by atoms with E-state index < -0.39 is 0 Å². The van der Waals surface area contributed by atoms with Gasteiger partial charge in [0.25, 0.3) is 0 Å². The van der Waals surface area contributed by atoms with E-state index in [1.807, 2.05) is 5.38 Å². The molecule has 0 radical (unpaired) electrons. The fraction of sp³-hybridized carbons (Fsp3) is 0.357. The molecule has 0 aliphatic carbocycles. The van der Waals surface area contributed by atoms with E-state index in [1.165, 1.54) is 24.5 Å². The van der Waals surface area contributed by atoms with E-state index in [0.29, 0.717) is 0 Å². The molecule has 102 valence electrons. The summed E-state index contributed by atoms with van der Waals surface area (Å²) >= 11 is 1.51. The van der Waals surface area contributed by atoms with Gasteiger partial charge in [0, 0.05) is 16.5 Å². The molecule has 0 aliphatic heterocycles. The van der Waals surface area contributed by atoms with Gasteiger partial charge in [-0.25, -0.2) is 9.37 Å². The summed E-state index contributed by atoms with van der Waals surface area (Å²) in [6, 6.07) is 4.85. The van der Waals surface area contributed by atoms with Crippen molar-refractivity contribution in [3.8, 4) is 17.0 Å². The number of ether oxygens (including phenoxy) is 1. The molecule has 0 saturated heterocycles. The summed E-state index contributed by atoms with van der Waals surface area (Å²) in [7, 11) is 1.45. The van der Waals surface area contributed by atoms with Crippen LogP contribution in [0.1, 0.15) is 20.8 Å². The first kappa shape index (κ1) is 13.8. The highest BCUT2D eigenvalue weighted by Gasteiger charge is 2.13. The van der Waals surface area contributed by atoms with Crippen molar-refractivity contribution >= 4 is 16.5 Å². The quantitative estimate of drug-likeness (QED) is 0.916. The third-order valence-corrected chi connectivity index (χ3v) is 3.19. The third kappa shape index (κ3) is 3.44. The zero-order valence-corrected chi connectivity index (χ0v) is 12.3. The number of hydrogen-bond acceptors (Lipinski definition) is 4. The second-order valence-electron chi connectivity index (χ2n) is 5.26. The van der Waals surface area contributed by atoms with Crippen molar-refractivity contribution in [1.82, 2.24) is 4.98 Å². The minimum absolute atomic E-state index is 0.0414. The Morgan fingerprint density at radius 2 is 2.05 bits per heavy atom. The van der Waals surface area contributed by atoms with Crippen molar-refractivity contribution < 1.29 is 9.13 Å². The largest absolute Gasteiger partial charge is 0.494 e. The zero-order valence-electron chi connectivity index (χ0n) is 11.5. The van der Waals surface area contributed by atoms with Crippen LogP contribution in [-0.4, -0.2) is 17.6 Å². The molecule has 0 spiro atoms. The van der Waals surface area contributed by atoms with Gasteiger partial charge in [-0.05, 0) is 39.0 Å². The first-order valence-corrected chi connectivity index (χ1v) is 6.84. The van der Waals surface area contributed by atoms with E-state index >= 15 is 0 Å². The lowest BCUT2D eigenvalue weighted by Crippen LogP contribution is -2.25. The molecule has 5 heteroatoms. The number of methoxy groups -OCH3 is 1. The predicted octanol–water partition coefficient (Wildman–Crippen LogP) is 4.17. The van der Waals surface area contributed by atoms with E-state index in [9.17, 15) is 4.39 Å². The normalized spacial score (nSPS) is 11.4. The lowest BCUT2D eigenvalue weighted by atomic mass is 10.1. The third-order valence-electron chi connectivity index (χ3n) is 2.43. The van der Waals surface area contributed by atoms with E-state index in [0.717, 1.165) is 16.4 Å². The SMILES string of the molecule is COc1ccc(-c2csc(NC(C)(C)C)n2)cc1F. The molecule has 0 fully saturated rings. The average molecular weight is 280 g/mol. The van der Waals surface area contributed by atoms with Crippen molar-refractivity contribution in [2.75, 3.05) is 12.4 Å². The molecule has 0 atom stereocenters. The predicted molar refractivity (Wildman–Crippen MR) is 77.4 cm³/mol. The van der Waals surface area contributed by atoms with Gasteiger partial charge >= 0.3 is 0 Å². The molecule has 0 bridgehead atoms. The number of halogens is 1. The van der Waals surface area contributed by atoms with Crippen LogP contribution in [0.15, 0.2) is 23.6 Å². The van der Waals surface area contributed by atoms with Crippen molar-refractivity contribution in [1.29, 1.82) is 0 Å². The molecular weight excluding hydrogens is 263 g/mol. The molecule has 1 aromatic carbocycles. The Labute approximate surface area is 116 Å². The van der Waals surface area contributed by atoms with Crippen LogP contribution >= 0.6 is 11.3 Å². The van der Waals surface area contributed by atoms with Gasteiger partial charge in [0.05, 0.1) is 12.8 Å². The molecular formula is C14H17FN2OS. The maximum atomic E-state index is 13.6. The number of nitrogens with zero attached hydrogens (tertiary/aromatic N) is 1. The molecule has 2 aromatic rings. The summed E-state index contributed by atoms with van der Waals surface area (Å²) in [4.78, 5) is 4.46. The van der Waals surface area contributed by atoms with Crippen LogP contribution in [-0.2, 0) is 0 Å². The maximum absolute atomic E-state index is 13.6. The molecule has 0 unspecified atom stereocenters. The summed E-state index contributed by atoms with van der Waals surface area (Å²) in [6.45, 7) is 6.21. The Morgan fingerprint density at radius 1 is 1.32 bits per heavy atom. The van der Waals surface area contributed by atoms with Crippen LogP contribution in [0.25, 0.3) is 11.3 Å². The number of aromatic nitrogens is 1. The average Bonchev–Trinajstić information content (AvgIpc) is 2.75. The lowest BCUT2D eigenvalue weighted by molar-refractivity contribution is 0.386. The van der Waals surface area contributed by atoms with Crippen molar-refractivity contribution in [2.45, 2.75) is 26.3 Å². The first-order chi connectivity index (χ1) is 8.89. The minimum Gasteiger partial charge on any atom is -0.494 e. The van der Waals surface area contributed by atoms with Gasteiger partial charge in [0.1, 0.15) is 0 Å². The van der Waals surface area contributed by atoms with Gasteiger partial charge in [-0.2, -0.15) is 0 Å². The van der Waals surface area contributed by atoms with E-state index in [4.69, 9.17) is 4.74 Å². The van der Waals surface area contributed by atoms with Crippen LogP contribution in [0.3, 0.4) is 0 Å². The summed E-state index contributed by atoms with van der Waals surface area (Å²) in [5.41, 5.74) is 1.47. The van der Waals surface area contributed by atoms with Crippen LogP contribution in [0.5, 0.6) is 5.75 Å². The number of thiazole rings is 1. The van der Waals surface area contributed by atoms with Crippen molar-refractivity contribution in [2.24, 2.45) is 0 Å². The number of hydrogen-bond donors (Lipinski definition) is 1. The Kier molecular flexibility index (Phi) is 3.75. The standard InChI is InChI=1S/C14H17FN2OS/c1-14(2,3)17-13-16-11(8-19-13)9-5-6-12(18-4)10(15)7-9/h5-8H,1-4H3,(H,16,17). The highest BCUT2D eigenvalue weighted by atomic mass is 32.1. The molecule has 2 rings (SSSR count). The summed E-state index contributed by atoms with van der Waals surface area (Å²) in [5, 5.41) is 6.04. The van der Waals surface area contributed by atoms with Crippen LogP contribution in [0.4, 0.5) is 9.52 Å². The van der Waals surface area contributed by atoms with Crippen molar-refractivity contribution in [3.05, 3.63) is 29.4 Å². The van der Waals surface area contributed by atoms with Crippen LogP contribution < -0.4 is 10.1 Å². The van der Waals surface area contributed by atoms with Gasteiger partial charge in [-0.1, -0.05) is 0 Å². The van der Waals surface area contributed by atoms with Gasteiger partial charge in [0.2, 0.25) is 0 Å². The molecule has 0 amide bonds. The Bertz CT molecular complexity index is 575. The fourth-order valence-electron chi connectivity index (χ4n) is 1.61. The second kappa shape index (κ2) is 5.17. The molecule has 1 aromatic heterocycles. The number of rotatable bonds is 3. The Morgan fingerprint density at radius 3 is 2.63 bits per heavy atom. The first-order valence-electron chi connectivity index (χ1n) is 5.97. The number of anilines is 1. The summed E-state index contributed by atoms with van der Waals surface area (Å²) < 4.78 is 18.6. The molecule has 19 heavy (non-hydrogen) atoms. The van der Waals surface area contributed by atoms with Crippen LogP contribution in [0, 0.1) is 5.82 Å². The summed E-state index contributed by atoms with van der Waals surface area (Å²) in [5.74, 6) is -0.134. The highest BCUT2D eigenvalue weighted by Crippen LogP contribution is 2.29. The monoisotopic (exact) mass is 280 g/mol. The molecule has 0 saturated carbocycles. The molecule has 0 aliphatic rings. The molecule has 3 nitrogen and oxygen atoms in total. The van der Waals surface area contributed by atoms with E-state index in [1.54, 1.807) is 12.1 Å². The Balaban J connectivity index is 2.25. The van der Waals surface area contributed by atoms with Gasteiger partial charge < -0.3 is 10.1 Å². The summed E-state index contributed by atoms with van der Waals surface area (Å²) in [6.07, 6.45) is 0. The van der Waals surface area contributed by atoms with E-state index in [2.05, 4.69) is 31.1 Å². The van der Waals surface area contributed by atoms with Crippen molar-refractivity contribution in [3.63, 3.8) is 0 Å². The number of benzene rings is 1. The van der Waals surface area contributed by atoms with Gasteiger partial charge in [-0.15, -0.1) is 11.3 Å². The fourth-order valence-corrected chi connectivity index (χ4v) is 2.54. The topological polar surface area (TPSA) is 34.1 Å². The second-order valence-corrected chi connectivity index (χ2v) is 6.12. The van der Waals surface area contributed by atoms with Gasteiger partial charge in [-0.3, -0.25) is 0 Å². The molecule has 1 N–H and O–H groups in total. The highest BCUT2D eigenvalue weighted by molar-refractivity contribution is 7.14. The Hall–Kier alpha value is -1.62. The number of nitrogens with one attached hydrogen (secondary N) is 1. The minimum atomic E-state index is -0.377.